The molecule has 1 N–H and O–H groups in total. The van der Waals surface area contributed by atoms with Gasteiger partial charge in [0.25, 0.3) is 0 Å². The summed E-state index contributed by atoms with van der Waals surface area (Å²) in [7, 11) is 0. The summed E-state index contributed by atoms with van der Waals surface area (Å²) in [6, 6.07) is 0. The van der Waals surface area contributed by atoms with E-state index in [2.05, 4.69) is 4.63 Å². The first kappa shape index (κ1) is 6.26. The average molecular weight is 147 g/mol. The van der Waals surface area contributed by atoms with Gasteiger partial charge in [-0.2, -0.15) is 0 Å². The predicted octanol–water partition coefficient (Wildman–Crippen LogP) is -1.49. The highest BCUT2D eigenvalue weighted by molar-refractivity contribution is 5.00. The molecule has 1 heterocycles. The van der Waals surface area contributed by atoms with Crippen LogP contribution in [0.25, 0.3) is 0 Å². The summed E-state index contributed by atoms with van der Waals surface area (Å²) in [6.07, 6.45) is 0. The number of nitrogens with one attached hydrogen (secondary N) is 1. The molecule has 1 aromatic rings. The number of nitro groups is 1. The molecule has 54 valence electrons. The first-order chi connectivity index (χ1) is 4.63. The Kier molecular flexibility index (Phi) is 1.14. The van der Waals surface area contributed by atoms with Crippen molar-refractivity contribution < 1.29 is 14.5 Å². The van der Waals surface area contributed by atoms with Crippen molar-refractivity contribution in [1.29, 1.82) is 0 Å². The third kappa shape index (κ3) is 0.708. The molecule has 10 heavy (non-hydrogen) atoms. The standard InChI is InChI=1S/C2HN3O5/c6-1-2(4(7)8)5(9)10-3-1/h(H,3,6). The smallest absolute Gasteiger partial charge is 0.323 e. The van der Waals surface area contributed by atoms with Crippen molar-refractivity contribution in [2.75, 3.05) is 0 Å². The molecule has 1 aromatic heterocycles. The molecule has 0 spiro atoms. The van der Waals surface area contributed by atoms with Crippen molar-refractivity contribution in [2.45, 2.75) is 0 Å². The maximum atomic E-state index is 10.3. The van der Waals surface area contributed by atoms with Crippen molar-refractivity contribution in [3.8, 4) is 0 Å². The fraction of sp³-hybridized carbons (Fsp3) is 0. The number of rotatable bonds is 1. The molecule has 1 rings (SSSR count). The van der Waals surface area contributed by atoms with Crippen molar-refractivity contribution in [3.05, 3.63) is 25.7 Å². The number of nitrogens with zero attached hydrogens (tertiary/aromatic N) is 2. The Balaban J connectivity index is 3.37. The highest BCUT2D eigenvalue weighted by Gasteiger charge is 2.24. The first-order valence-electron chi connectivity index (χ1n) is 2.09. The van der Waals surface area contributed by atoms with Gasteiger partial charge in [-0.15, -0.1) is 0 Å². The lowest BCUT2D eigenvalue weighted by atomic mass is 10.8. The normalized spacial score (nSPS) is 9.60. The van der Waals surface area contributed by atoms with E-state index in [1.165, 1.54) is 5.16 Å². The number of H-pyrrole nitrogens is 1. The second-order valence-electron chi connectivity index (χ2n) is 1.36. The summed E-state index contributed by atoms with van der Waals surface area (Å²) in [6.45, 7) is 0. The van der Waals surface area contributed by atoms with Crippen LogP contribution in [0.4, 0.5) is 5.82 Å². The molecule has 0 aromatic carbocycles. The summed E-state index contributed by atoms with van der Waals surface area (Å²) in [5, 5.41) is 21.5. The summed E-state index contributed by atoms with van der Waals surface area (Å²) >= 11 is 0. The van der Waals surface area contributed by atoms with Gasteiger partial charge in [-0.25, -0.2) is 9.42 Å². The van der Waals surface area contributed by atoms with Gasteiger partial charge in [-0.1, -0.05) is 5.16 Å². The summed E-state index contributed by atoms with van der Waals surface area (Å²) in [5.74, 6) is -1.17. The van der Waals surface area contributed by atoms with Gasteiger partial charge in [-0.3, -0.25) is 0 Å². The van der Waals surface area contributed by atoms with Gasteiger partial charge in [0.2, 0.25) is 0 Å². The molecule has 0 saturated carbocycles. The molecule has 0 atom stereocenters. The van der Waals surface area contributed by atoms with Gasteiger partial charge in [0, 0.05) is 4.92 Å². The Morgan fingerprint density at radius 3 is 2.50 bits per heavy atom. The second-order valence-corrected chi connectivity index (χ2v) is 1.36. The summed E-state index contributed by atoms with van der Waals surface area (Å²) in [4.78, 5) is 18.5. The van der Waals surface area contributed by atoms with Crippen LogP contribution in [0.15, 0.2) is 9.42 Å². The number of aromatic nitrogens is 2. The monoisotopic (exact) mass is 147 g/mol. The lowest BCUT2D eigenvalue weighted by Gasteiger charge is -1.82. The lowest BCUT2D eigenvalue weighted by Crippen LogP contribution is -2.28. The maximum Gasteiger partial charge on any atom is 0.532 e. The number of hydrogen-bond acceptors (Lipinski definition) is 5. The SMILES string of the molecule is O=c1[nH]o[n+]([O-])c1[N+](=O)[O-]. The van der Waals surface area contributed by atoms with E-state index in [4.69, 9.17) is 0 Å². The van der Waals surface area contributed by atoms with Crippen LogP contribution in [0, 0.1) is 15.3 Å². The zero-order chi connectivity index (χ0) is 7.72. The van der Waals surface area contributed by atoms with E-state index < -0.39 is 21.2 Å². The topological polar surface area (TPSA) is 116 Å². The summed E-state index contributed by atoms with van der Waals surface area (Å²) in [5.41, 5.74) is -1.15. The van der Waals surface area contributed by atoms with E-state index in [0.717, 1.165) is 0 Å². The lowest BCUT2D eigenvalue weighted by molar-refractivity contribution is -0.825. The molecular weight excluding hydrogens is 146 g/mol. The van der Waals surface area contributed by atoms with Crippen LogP contribution >= 0.6 is 0 Å². The Morgan fingerprint density at radius 2 is 2.30 bits per heavy atom. The van der Waals surface area contributed by atoms with Crippen molar-refractivity contribution >= 4 is 5.82 Å². The zero-order valence-electron chi connectivity index (χ0n) is 4.44. The zero-order valence-corrected chi connectivity index (χ0v) is 4.44. The molecule has 0 saturated heterocycles. The van der Waals surface area contributed by atoms with Crippen LogP contribution in [-0.4, -0.2) is 10.1 Å². The molecule has 8 nitrogen and oxygen atoms in total. The van der Waals surface area contributed by atoms with E-state index >= 15 is 0 Å². The van der Waals surface area contributed by atoms with Gasteiger partial charge < -0.3 is 15.3 Å². The minimum absolute atomic E-state index is 0.498. The number of hydrogen-bond donors (Lipinski definition) is 1. The third-order valence-electron chi connectivity index (χ3n) is 0.770. The van der Waals surface area contributed by atoms with E-state index in [1.807, 2.05) is 0 Å². The van der Waals surface area contributed by atoms with Gasteiger partial charge in [-0.05, 0) is 0 Å². The maximum absolute atomic E-state index is 10.3. The Morgan fingerprint density at radius 1 is 1.70 bits per heavy atom. The van der Waals surface area contributed by atoms with E-state index in [9.17, 15) is 20.1 Å². The molecular formula is C2HN3O5. The van der Waals surface area contributed by atoms with Crippen LogP contribution in [0.1, 0.15) is 0 Å². The molecule has 0 aliphatic rings. The largest absolute Gasteiger partial charge is 0.532 e. The van der Waals surface area contributed by atoms with Crippen LogP contribution in [0.5, 0.6) is 0 Å². The Bertz CT molecular complexity index is 309. The molecule has 0 fully saturated rings. The fourth-order valence-corrected chi connectivity index (χ4v) is 0.404. The molecule has 8 heteroatoms. The Hall–Kier alpha value is -1.86. The van der Waals surface area contributed by atoms with Gasteiger partial charge in [0.15, 0.2) is 0 Å². The minimum atomic E-state index is -1.17. The van der Waals surface area contributed by atoms with Gasteiger partial charge in [0.05, 0.1) is 4.90 Å². The molecule has 0 bridgehead atoms. The van der Waals surface area contributed by atoms with Crippen LogP contribution < -0.4 is 10.5 Å². The van der Waals surface area contributed by atoms with E-state index in [0.29, 0.717) is 0 Å². The van der Waals surface area contributed by atoms with Crippen molar-refractivity contribution in [2.24, 2.45) is 0 Å². The fourth-order valence-electron chi connectivity index (χ4n) is 0.404. The molecule has 0 radical (unpaired) electrons. The molecule has 0 aliphatic carbocycles. The highest BCUT2D eigenvalue weighted by Crippen LogP contribution is 1.89. The van der Waals surface area contributed by atoms with Gasteiger partial charge in [0.1, 0.15) is 0 Å². The molecule has 0 amide bonds. The highest BCUT2D eigenvalue weighted by atomic mass is 16.8. The molecule has 0 unspecified atom stereocenters. The van der Waals surface area contributed by atoms with E-state index in [1.54, 1.807) is 0 Å². The molecule has 0 aliphatic heterocycles. The van der Waals surface area contributed by atoms with Crippen LogP contribution in [-0.2, 0) is 0 Å². The first-order valence-corrected chi connectivity index (χ1v) is 2.09. The van der Waals surface area contributed by atoms with E-state index in [-0.39, 0.29) is 0 Å². The minimum Gasteiger partial charge on any atom is -0.323 e. The second kappa shape index (κ2) is 1.83. The van der Waals surface area contributed by atoms with Crippen molar-refractivity contribution in [1.82, 2.24) is 5.16 Å². The number of aromatic amines is 1. The predicted molar refractivity (Wildman–Crippen MR) is 24.9 cm³/mol. The quantitative estimate of drug-likeness (QED) is 0.295. The van der Waals surface area contributed by atoms with Crippen molar-refractivity contribution in [3.63, 3.8) is 0 Å². The third-order valence-corrected chi connectivity index (χ3v) is 0.770. The average Bonchev–Trinajstić information content (AvgIpc) is 2.11. The van der Waals surface area contributed by atoms with Gasteiger partial charge >= 0.3 is 11.4 Å². The summed E-state index contributed by atoms with van der Waals surface area (Å²) < 4.78 is 3.74. The van der Waals surface area contributed by atoms with Crippen LogP contribution in [0.2, 0.25) is 0 Å². The van der Waals surface area contributed by atoms with Crippen LogP contribution in [0.3, 0.4) is 0 Å². The Labute approximate surface area is 52.3 Å².